The van der Waals surface area contributed by atoms with Crippen LogP contribution in [-0.2, 0) is 20.6 Å². The third kappa shape index (κ3) is 3.09. The minimum absolute atomic E-state index is 0.0353. The summed E-state index contributed by atoms with van der Waals surface area (Å²) in [5, 5.41) is 2.29. The number of carbonyl (C=O) groups is 3. The molecule has 0 aromatic heterocycles. The molecule has 0 radical (unpaired) electrons. The molecular weight excluding hydrogens is 397 g/mol. The van der Waals surface area contributed by atoms with Gasteiger partial charge in [-0.15, -0.1) is 0 Å². The van der Waals surface area contributed by atoms with Gasteiger partial charge in [0.05, 0.1) is 28.1 Å². The summed E-state index contributed by atoms with van der Waals surface area (Å²) in [6.45, 7) is -0.105. The number of benzene rings is 1. The number of carbonyl (C=O) groups excluding carboxylic acids is 3. The summed E-state index contributed by atoms with van der Waals surface area (Å²) in [5.74, 6) is -1.69. The lowest BCUT2D eigenvalue weighted by Gasteiger charge is -2.17. The minimum atomic E-state index is -4.57. The van der Waals surface area contributed by atoms with E-state index < -0.39 is 17.6 Å². The molecule has 0 spiro atoms. The van der Waals surface area contributed by atoms with E-state index in [1.807, 2.05) is 12.2 Å². The highest BCUT2D eigenvalue weighted by Gasteiger charge is 2.59. The molecule has 148 valence electrons. The highest BCUT2D eigenvalue weighted by molar-refractivity contribution is 6.33. The van der Waals surface area contributed by atoms with Crippen LogP contribution in [0.15, 0.2) is 30.4 Å². The van der Waals surface area contributed by atoms with Gasteiger partial charge in [0.1, 0.15) is 0 Å². The van der Waals surface area contributed by atoms with Gasteiger partial charge in [-0.05, 0) is 36.5 Å². The number of nitrogens with one attached hydrogen (secondary N) is 1. The van der Waals surface area contributed by atoms with Crippen LogP contribution in [0.3, 0.4) is 0 Å². The number of allylic oxidation sites excluding steroid dienone is 2. The first-order valence-electron chi connectivity index (χ1n) is 8.87. The second kappa shape index (κ2) is 6.62. The molecule has 3 aliphatic rings. The first-order valence-corrected chi connectivity index (χ1v) is 9.25. The Labute approximate surface area is 163 Å². The van der Waals surface area contributed by atoms with Gasteiger partial charge >= 0.3 is 6.18 Å². The molecule has 1 aliphatic heterocycles. The maximum Gasteiger partial charge on any atom is 0.416 e. The summed E-state index contributed by atoms with van der Waals surface area (Å²) < 4.78 is 38.4. The number of rotatable bonds is 4. The Morgan fingerprint density at radius 1 is 1.14 bits per heavy atom. The van der Waals surface area contributed by atoms with Crippen molar-refractivity contribution in [2.75, 3.05) is 11.9 Å². The summed E-state index contributed by atoms with van der Waals surface area (Å²) in [6.07, 6.45) is -0.0171. The van der Waals surface area contributed by atoms with Crippen LogP contribution in [0, 0.1) is 23.7 Å². The van der Waals surface area contributed by atoms with Crippen LogP contribution in [0.25, 0.3) is 0 Å². The largest absolute Gasteiger partial charge is 0.416 e. The number of hydrogen-bond donors (Lipinski definition) is 1. The molecule has 1 saturated carbocycles. The summed E-state index contributed by atoms with van der Waals surface area (Å²) in [7, 11) is 0. The quantitative estimate of drug-likeness (QED) is 0.608. The first-order chi connectivity index (χ1) is 13.2. The van der Waals surface area contributed by atoms with Gasteiger partial charge in [-0.2, -0.15) is 13.2 Å². The fourth-order valence-corrected chi connectivity index (χ4v) is 4.57. The molecule has 3 amide bonds. The lowest BCUT2D eigenvalue weighted by Crippen LogP contribution is -2.35. The molecule has 1 heterocycles. The average molecular weight is 413 g/mol. The standard InChI is InChI=1S/C19H16ClF3N2O3/c20-12-4-3-11(19(21,22)23)8-13(12)24-14(26)5-6-25-17(27)15-9-1-2-10(7-9)16(15)18(25)28/h1-4,8-10,15-16H,5-7H2,(H,24,26)/t9-,10-,15-,16+/m0/s1. The monoisotopic (exact) mass is 412 g/mol. The molecule has 2 fully saturated rings. The lowest BCUT2D eigenvalue weighted by molar-refractivity contribution is -0.141. The molecule has 1 aromatic rings. The van der Waals surface area contributed by atoms with E-state index in [-0.39, 0.29) is 59.2 Å². The summed E-state index contributed by atoms with van der Waals surface area (Å²) >= 11 is 5.86. The van der Waals surface area contributed by atoms with Gasteiger partial charge < -0.3 is 5.32 Å². The lowest BCUT2D eigenvalue weighted by atomic mass is 9.85. The molecule has 28 heavy (non-hydrogen) atoms. The molecule has 2 aliphatic carbocycles. The molecule has 1 saturated heterocycles. The summed E-state index contributed by atoms with van der Waals surface area (Å²) in [5.41, 5.74) is -1.10. The Bertz CT molecular complexity index is 869. The van der Waals surface area contributed by atoms with E-state index in [0.717, 1.165) is 29.5 Å². The van der Waals surface area contributed by atoms with Gasteiger partial charge in [0.2, 0.25) is 17.7 Å². The van der Waals surface area contributed by atoms with Crippen molar-refractivity contribution in [2.24, 2.45) is 23.7 Å². The highest BCUT2D eigenvalue weighted by atomic mass is 35.5. The summed E-state index contributed by atoms with van der Waals surface area (Å²) in [6, 6.07) is 2.62. The van der Waals surface area contributed by atoms with Crippen molar-refractivity contribution < 1.29 is 27.6 Å². The maximum absolute atomic E-state index is 12.8. The van der Waals surface area contributed by atoms with E-state index in [1.54, 1.807) is 0 Å². The van der Waals surface area contributed by atoms with Gasteiger partial charge in [-0.3, -0.25) is 19.3 Å². The van der Waals surface area contributed by atoms with Crippen molar-refractivity contribution in [3.63, 3.8) is 0 Å². The molecular formula is C19H16ClF3N2O3. The van der Waals surface area contributed by atoms with Crippen molar-refractivity contribution in [3.05, 3.63) is 40.9 Å². The number of likely N-dealkylation sites (tertiary alicyclic amines) is 1. The van der Waals surface area contributed by atoms with Gasteiger partial charge in [0.15, 0.2) is 0 Å². The van der Waals surface area contributed by atoms with Crippen LogP contribution in [0.1, 0.15) is 18.4 Å². The SMILES string of the molecule is O=C(CCN1C(=O)[C@@H]2[C@H](C1=O)[C@H]1C=C[C@H]2C1)Nc1cc(C(F)(F)F)ccc1Cl. The van der Waals surface area contributed by atoms with Gasteiger partial charge in [0.25, 0.3) is 0 Å². The number of anilines is 1. The van der Waals surface area contributed by atoms with Crippen LogP contribution in [0.5, 0.6) is 0 Å². The number of imide groups is 1. The van der Waals surface area contributed by atoms with E-state index >= 15 is 0 Å². The molecule has 4 atom stereocenters. The zero-order chi connectivity index (χ0) is 20.2. The fraction of sp³-hybridized carbons (Fsp3) is 0.421. The van der Waals surface area contributed by atoms with E-state index in [9.17, 15) is 27.6 Å². The Balaban J connectivity index is 1.39. The fourth-order valence-electron chi connectivity index (χ4n) is 4.41. The predicted octanol–water partition coefficient (Wildman–Crippen LogP) is 3.49. The third-order valence-electron chi connectivity index (χ3n) is 5.69. The maximum atomic E-state index is 12.8. The van der Waals surface area contributed by atoms with Crippen LogP contribution in [0.2, 0.25) is 5.02 Å². The van der Waals surface area contributed by atoms with E-state index in [4.69, 9.17) is 11.6 Å². The normalized spacial score (nSPS) is 28.2. The van der Waals surface area contributed by atoms with Crippen molar-refractivity contribution in [3.8, 4) is 0 Å². The molecule has 2 bridgehead atoms. The Morgan fingerprint density at radius 3 is 2.32 bits per heavy atom. The Hall–Kier alpha value is -2.35. The van der Waals surface area contributed by atoms with Gasteiger partial charge in [0, 0.05) is 13.0 Å². The van der Waals surface area contributed by atoms with Crippen molar-refractivity contribution >= 4 is 35.0 Å². The van der Waals surface area contributed by atoms with Crippen LogP contribution in [-0.4, -0.2) is 29.2 Å². The van der Waals surface area contributed by atoms with Gasteiger partial charge in [-0.1, -0.05) is 23.8 Å². The first kappa shape index (κ1) is 19.0. The smallest absolute Gasteiger partial charge is 0.325 e. The van der Waals surface area contributed by atoms with E-state index in [2.05, 4.69) is 5.32 Å². The molecule has 0 unspecified atom stereocenters. The second-order valence-corrected chi connectivity index (χ2v) is 7.73. The third-order valence-corrected chi connectivity index (χ3v) is 6.02. The van der Waals surface area contributed by atoms with Gasteiger partial charge in [-0.25, -0.2) is 0 Å². The van der Waals surface area contributed by atoms with Crippen LogP contribution < -0.4 is 5.32 Å². The van der Waals surface area contributed by atoms with E-state index in [1.165, 1.54) is 0 Å². The minimum Gasteiger partial charge on any atom is -0.325 e. The predicted molar refractivity (Wildman–Crippen MR) is 94.1 cm³/mol. The molecule has 4 rings (SSSR count). The van der Waals surface area contributed by atoms with E-state index in [0.29, 0.717) is 0 Å². The van der Waals surface area contributed by atoms with Crippen molar-refractivity contribution in [1.82, 2.24) is 4.90 Å². The Kier molecular flexibility index (Phi) is 4.49. The number of nitrogens with zero attached hydrogens (tertiary/aromatic N) is 1. The van der Waals surface area contributed by atoms with Crippen molar-refractivity contribution in [2.45, 2.75) is 19.0 Å². The summed E-state index contributed by atoms with van der Waals surface area (Å²) in [4.78, 5) is 38.4. The number of hydrogen-bond acceptors (Lipinski definition) is 3. The second-order valence-electron chi connectivity index (χ2n) is 7.32. The molecule has 5 nitrogen and oxygen atoms in total. The molecule has 1 aromatic carbocycles. The number of fused-ring (bicyclic) bond motifs is 5. The molecule has 1 N–H and O–H groups in total. The number of alkyl halides is 3. The van der Waals surface area contributed by atoms with Crippen LogP contribution in [0.4, 0.5) is 18.9 Å². The highest BCUT2D eigenvalue weighted by Crippen LogP contribution is 2.52. The zero-order valence-corrected chi connectivity index (χ0v) is 15.3. The molecule has 9 heteroatoms. The topological polar surface area (TPSA) is 66.5 Å². The van der Waals surface area contributed by atoms with Crippen molar-refractivity contribution in [1.29, 1.82) is 0 Å². The number of amides is 3. The number of halogens is 4. The van der Waals surface area contributed by atoms with Crippen LogP contribution >= 0.6 is 11.6 Å². The zero-order valence-electron chi connectivity index (χ0n) is 14.5. The Morgan fingerprint density at radius 2 is 1.75 bits per heavy atom. The average Bonchev–Trinajstić information content (AvgIpc) is 3.29.